The molecular weight excluding hydrogens is 240 g/mol. The number of hydrogen-bond acceptors (Lipinski definition) is 2. The summed E-state index contributed by atoms with van der Waals surface area (Å²) in [6.45, 7) is 6.92. The molecule has 0 radical (unpaired) electrons. The molecule has 1 aliphatic rings. The number of ketones is 1. The quantitative estimate of drug-likeness (QED) is 0.832. The number of carbonyl (C=O) groups excluding carboxylic acids is 1. The van der Waals surface area contributed by atoms with Crippen molar-refractivity contribution in [3.05, 3.63) is 29.8 Å². The largest absolute Gasteiger partial charge is 0.385 e. The third kappa shape index (κ3) is 2.73. The van der Waals surface area contributed by atoms with Crippen molar-refractivity contribution < 1.29 is 9.90 Å². The van der Waals surface area contributed by atoms with Crippen molar-refractivity contribution in [1.29, 1.82) is 0 Å². The molecule has 1 saturated carbocycles. The van der Waals surface area contributed by atoms with Crippen LogP contribution in [0, 0.1) is 0 Å². The molecule has 1 aliphatic carbocycles. The number of benzene rings is 1. The second kappa shape index (κ2) is 4.63. The van der Waals surface area contributed by atoms with Gasteiger partial charge in [0.15, 0.2) is 0 Å². The van der Waals surface area contributed by atoms with E-state index in [1.165, 1.54) is 5.19 Å². The Bertz CT molecular complexity index is 450. The van der Waals surface area contributed by atoms with Gasteiger partial charge in [0.1, 0.15) is 5.78 Å². The average Bonchev–Trinajstić information content (AvgIpc) is 2.32. The van der Waals surface area contributed by atoms with Gasteiger partial charge in [-0.2, -0.15) is 0 Å². The Morgan fingerprint density at radius 1 is 1.17 bits per heavy atom. The predicted molar refractivity (Wildman–Crippen MR) is 76.8 cm³/mol. The molecule has 0 unspecified atom stereocenters. The summed E-state index contributed by atoms with van der Waals surface area (Å²) in [5, 5.41) is 12.1. The summed E-state index contributed by atoms with van der Waals surface area (Å²) in [6, 6.07) is 8.35. The van der Waals surface area contributed by atoms with Crippen LogP contribution in [0.25, 0.3) is 0 Å². The standard InChI is InChI=1S/C15H22O2Si/c1-18(2,3)14-6-4-5-12(11-14)15(17)9-7-13(16)8-10-15/h4-6,11,17H,7-10H2,1-3H3. The van der Waals surface area contributed by atoms with E-state index in [0.717, 1.165) is 5.56 Å². The molecule has 3 heteroatoms. The number of aliphatic hydroxyl groups is 1. The maximum Gasteiger partial charge on any atom is 0.133 e. The lowest BCUT2D eigenvalue weighted by Gasteiger charge is -2.33. The van der Waals surface area contributed by atoms with Gasteiger partial charge in [-0.3, -0.25) is 4.79 Å². The van der Waals surface area contributed by atoms with Crippen LogP contribution in [0.2, 0.25) is 19.6 Å². The minimum atomic E-state index is -1.35. The lowest BCUT2D eigenvalue weighted by atomic mass is 9.79. The van der Waals surface area contributed by atoms with Crippen LogP contribution in [0.4, 0.5) is 0 Å². The van der Waals surface area contributed by atoms with Gasteiger partial charge in [0.2, 0.25) is 0 Å². The van der Waals surface area contributed by atoms with E-state index in [4.69, 9.17) is 0 Å². The molecule has 98 valence electrons. The Morgan fingerprint density at radius 2 is 1.78 bits per heavy atom. The van der Waals surface area contributed by atoms with Crippen molar-refractivity contribution in [2.24, 2.45) is 0 Å². The summed E-state index contributed by atoms with van der Waals surface area (Å²) in [7, 11) is -1.35. The fraction of sp³-hybridized carbons (Fsp3) is 0.533. The zero-order chi connectivity index (χ0) is 13.4. The van der Waals surface area contributed by atoms with Gasteiger partial charge in [-0.1, -0.05) is 49.1 Å². The second-order valence-corrected chi connectivity index (χ2v) is 11.5. The van der Waals surface area contributed by atoms with E-state index in [-0.39, 0.29) is 5.78 Å². The van der Waals surface area contributed by atoms with Crippen LogP contribution in [0.1, 0.15) is 31.2 Å². The maximum atomic E-state index is 11.3. The molecule has 0 spiro atoms. The molecule has 2 nitrogen and oxygen atoms in total. The Kier molecular flexibility index (Phi) is 3.47. The number of Topliss-reactive ketones (excluding diaryl/α,β-unsaturated/α-hetero) is 1. The minimum absolute atomic E-state index is 0.279. The van der Waals surface area contributed by atoms with E-state index < -0.39 is 13.7 Å². The van der Waals surface area contributed by atoms with Crippen molar-refractivity contribution in [3.8, 4) is 0 Å². The normalized spacial score (nSPS) is 19.9. The monoisotopic (exact) mass is 262 g/mol. The molecule has 0 bridgehead atoms. The van der Waals surface area contributed by atoms with Crippen molar-refractivity contribution >= 4 is 19.0 Å². The molecule has 0 atom stereocenters. The van der Waals surface area contributed by atoms with Gasteiger partial charge in [-0.15, -0.1) is 0 Å². The van der Waals surface area contributed by atoms with E-state index in [0.29, 0.717) is 25.7 Å². The Balaban J connectivity index is 2.31. The molecule has 1 N–H and O–H groups in total. The highest BCUT2D eigenvalue weighted by Crippen LogP contribution is 2.35. The lowest BCUT2D eigenvalue weighted by molar-refractivity contribution is -0.125. The maximum absolute atomic E-state index is 11.3. The first kappa shape index (κ1) is 13.5. The fourth-order valence-electron chi connectivity index (χ4n) is 2.51. The summed E-state index contributed by atoms with van der Waals surface area (Å²) in [5.41, 5.74) is 0.207. The number of rotatable bonds is 2. The molecule has 0 heterocycles. The average molecular weight is 262 g/mol. The van der Waals surface area contributed by atoms with Crippen LogP contribution in [0.3, 0.4) is 0 Å². The third-order valence-corrected chi connectivity index (χ3v) is 5.94. The van der Waals surface area contributed by atoms with E-state index in [2.05, 4.69) is 31.8 Å². The zero-order valence-electron chi connectivity index (χ0n) is 11.5. The van der Waals surface area contributed by atoms with Crippen molar-refractivity contribution in [1.82, 2.24) is 0 Å². The summed E-state index contributed by atoms with van der Waals surface area (Å²) in [4.78, 5) is 11.3. The highest BCUT2D eigenvalue weighted by molar-refractivity contribution is 6.88. The van der Waals surface area contributed by atoms with Gasteiger partial charge < -0.3 is 5.11 Å². The van der Waals surface area contributed by atoms with Crippen molar-refractivity contribution in [2.45, 2.75) is 50.9 Å². The molecule has 1 aromatic carbocycles. The first-order valence-electron chi connectivity index (χ1n) is 6.66. The Hall–Kier alpha value is -0.933. The van der Waals surface area contributed by atoms with Gasteiger partial charge in [0.05, 0.1) is 13.7 Å². The van der Waals surface area contributed by atoms with Gasteiger partial charge in [-0.25, -0.2) is 0 Å². The van der Waals surface area contributed by atoms with Crippen molar-refractivity contribution in [2.75, 3.05) is 0 Å². The van der Waals surface area contributed by atoms with Crippen LogP contribution < -0.4 is 5.19 Å². The molecule has 0 saturated heterocycles. The van der Waals surface area contributed by atoms with E-state index in [1.54, 1.807) is 0 Å². The molecular formula is C15H22O2Si. The molecule has 2 rings (SSSR count). The van der Waals surface area contributed by atoms with E-state index in [9.17, 15) is 9.90 Å². The van der Waals surface area contributed by atoms with Crippen molar-refractivity contribution in [3.63, 3.8) is 0 Å². The van der Waals surface area contributed by atoms with Crippen LogP contribution in [0.5, 0.6) is 0 Å². The van der Waals surface area contributed by atoms with Crippen LogP contribution in [0.15, 0.2) is 24.3 Å². The highest BCUT2D eigenvalue weighted by atomic mass is 28.3. The van der Waals surface area contributed by atoms with E-state index >= 15 is 0 Å². The molecule has 0 aliphatic heterocycles. The minimum Gasteiger partial charge on any atom is -0.385 e. The van der Waals surface area contributed by atoms with Gasteiger partial charge in [0.25, 0.3) is 0 Å². The SMILES string of the molecule is C[Si](C)(C)c1cccc(C2(O)CCC(=O)CC2)c1. The Labute approximate surface area is 110 Å². The van der Waals surface area contributed by atoms with E-state index in [1.807, 2.05) is 12.1 Å². The van der Waals surface area contributed by atoms with Crippen LogP contribution >= 0.6 is 0 Å². The third-order valence-electron chi connectivity index (χ3n) is 3.90. The molecule has 1 aromatic rings. The molecule has 1 fully saturated rings. The van der Waals surface area contributed by atoms with Gasteiger partial charge in [0, 0.05) is 12.8 Å². The summed E-state index contributed by atoms with van der Waals surface area (Å²) in [5.74, 6) is 0.279. The van der Waals surface area contributed by atoms with Crippen LogP contribution in [-0.4, -0.2) is 19.0 Å². The summed E-state index contributed by atoms with van der Waals surface area (Å²) >= 11 is 0. The first-order valence-corrected chi connectivity index (χ1v) is 10.2. The number of hydrogen-bond donors (Lipinski definition) is 1. The Morgan fingerprint density at radius 3 is 2.33 bits per heavy atom. The predicted octanol–water partition coefficient (Wildman–Crippen LogP) is 2.56. The van der Waals surface area contributed by atoms with Gasteiger partial charge >= 0.3 is 0 Å². The zero-order valence-corrected chi connectivity index (χ0v) is 12.5. The molecule has 18 heavy (non-hydrogen) atoms. The molecule has 0 amide bonds. The first-order chi connectivity index (χ1) is 8.31. The molecule has 0 aromatic heterocycles. The van der Waals surface area contributed by atoms with Gasteiger partial charge in [-0.05, 0) is 18.4 Å². The van der Waals surface area contributed by atoms with Crippen LogP contribution in [-0.2, 0) is 10.4 Å². The smallest absolute Gasteiger partial charge is 0.133 e. The fourth-order valence-corrected chi connectivity index (χ4v) is 3.69. The summed E-state index contributed by atoms with van der Waals surface area (Å²) in [6.07, 6.45) is 2.16. The second-order valence-electron chi connectivity index (χ2n) is 6.40. The summed E-state index contributed by atoms with van der Waals surface area (Å²) < 4.78 is 0. The topological polar surface area (TPSA) is 37.3 Å². The highest BCUT2D eigenvalue weighted by Gasteiger charge is 2.34. The lowest BCUT2D eigenvalue weighted by Crippen LogP contribution is -2.39. The number of carbonyl (C=O) groups is 1.